The third-order valence-electron chi connectivity index (χ3n) is 2.23. The minimum atomic E-state index is -2.02. The summed E-state index contributed by atoms with van der Waals surface area (Å²) in [6, 6.07) is 8.34. The fourth-order valence-corrected chi connectivity index (χ4v) is 1.33. The molecule has 1 atom stereocenters. The highest BCUT2D eigenvalue weighted by atomic mass is 19.1. The van der Waals surface area contributed by atoms with Gasteiger partial charge in [-0.1, -0.05) is 37.3 Å². The Bertz CT molecular complexity index is 310. The predicted octanol–water partition coefficient (Wildman–Crippen LogP) is 2.43. The van der Waals surface area contributed by atoms with Gasteiger partial charge in [0.2, 0.25) is 5.67 Å². The van der Waals surface area contributed by atoms with E-state index in [2.05, 4.69) is 4.74 Å². The average Bonchev–Trinajstić information content (AvgIpc) is 2.28. The number of carbonyl (C=O) groups is 1. The molecule has 0 radical (unpaired) electrons. The molecule has 0 saturated carbocycles. The maximum absolute atomic E-state index is 14.2. The minimum absolute atomic E-state index is 0.0731. The zero-order valence-corrected chi connectivity index (χ0v) is 8.29. The highest BCUT2D eigenvalue weighted by Crippen LogP contribution is 2.30. The van der Waals surface area contributed by atoms with Gasteiger partial charge in [-0.25, -0.2) is 9.18 Å². The highest BCUT2D eigenvalue weighted by Gasteiger charge is 2.39. The Hall–Kier alpha value is -1.38. The van der Waals surface area contributed by atoms with Crippen LogP contribution in [0.2, 0.25) is 0 Å². The van der Waals surface area contributed by atoms with Crippen LogP contribution >= 0.6 is 0 Å². The molecule has 2 nitrogen and oxygen atoms in total. The zero-order chi connectivity index (χ0) is 10.6. The van der Waals surface area contributed by atoms with Gasteiger partial charge in [0.25, 0.3) is 0 Å². The summed E-state index contributed by atoms with van der Waals surface area (Å²) in [6.07, 6.45) is 0.0731. The number of methoxy groups -OCH3 is 1. The first-order valence-corrected chi connectivity index (χ1v) is 4.48. The third-order valence-corrected chi connectivity index (χ3v) is 2.23. The lowest BCUT2D eigenvalue weighted by Crippen LogP contribution is -2.31. The Kier molecular flexibility index (Phi) is 3.23. The van der Waals surface area contributed by atoms with E-state index in [9.17, 15) is 9.18 Å². The topological polar surface area (TPSA) is 26.3 Å². The van der Waals surface area contributed by atoms with Gasteiger partial charge in [-0.2, -0.15) is 0 Å². The number of ether oxygens (including phenoxy) is 1. The molecule has 0 aliphatic heterocycles. The second-order valence-electron chi connectivity index (χ2n) is 3.01. The van der Waals surface area contributed by atoms with Gasteiger partial charge in [0.15, 0.2) is 0 Å². The molecular weight excluding hydrogens is 183 g/mol. The van der Waals surface area contributed by atoms with Crippen LogP contribution in [0.15, 0.2) is 30.3 Å². The fraction of sp³-hybridized carbons (Fsp3) is 0.364. The minimum Gasteiger partial charge on any atom is -0.466 e. The zero-order valence-electron chi connectivity index (χ0n) is 8.29. The van der Waals surface area contributed by atoms with Crippen LogP contribution in [0, 0.1) is 0 Å². The van der Waals surface area contributed by atoms with Gasteiger partial charge in [0.1, 0.15) is 0 Å². The van der Waals surface area contributed by atoms with E-state index in [4.69, 9.17) is 0 Å². The summed E-state index contributed by atoms with van der Waals surface area (Å²) in [6.45, 7) is 1.62. The molecule has 0 N–H and O–H groups in total. The normalized spacial score (nSPS) is 14.5. The van der Waals surface area contributed by atoms with Gasteiger partial charge in [0.05, 0.1) is 7.11 Å². The molecule has 3 heteroatoms. The van der Waals surface area contributed by atoms with E-state index in [1.165, 1.54) is 7.11 Å². The second-order valence-corrected chi connectivity index (χ2v) is 3.01. The van der Waals surface area contributed by atoms with Crippen LogP contribution in [0.1, 0.15) is 18.9 Å². The molecule has 1 unspecified atom stereocenters. The van der Waals surface area contributed by atoms with Crippen molar-refractivity contribution in [3.8, 4) is 0 Å². The standard InChI is InChI=1S/C11H13FO2/c1-3-11(12,10(13)14-2)9-7-5-4-6-8-9/h4-8H,3H2,1-2H3. The van der Waals surface area contributed by atoms with Gasteiger partial charge in [-0.05, 0) is 6.42 Å². The monoisotopic (exact) mass is 196 g/mol. The average molecular weight is 196 g/mol. The molecule has 0 aromatic heterocycles. The highest BCUT2D eigenvalue weighted by molar-refractivity contribution is 5.81. The number of hydrogen-bond donors (Lipinski definition) is 0. The van der Waals surface area contributed by atoms with Crippen molar-refractivity contribution in [1.82, 2.24) is 0 Å². The van der Waals surface area contributed by atoms with Crippen molar-refractivity contribution >= 4 is 5.97 Å². The number of carbonyl (C=O) groups excluding carboxylic acids is 1. The van der Waals surface area contributed by atoms with E-state index in [0.29, 0.717) is 5.56 Å². The van der Waals surface area contributed by atoms with Crippen molar-refractivity contribution in [3.05, 3.63) is 35.9 Å². The van der Waals surface area contributed by atoms with Crippen LogP contribution in [-0.4, -0.2) is 13.1 Å². The second kappa shape index (κ2) is 4.22. The van der Waals surface area contributed by atoms with Gasteiger partial charge < -0.3 is 4.74 Å². The van der Waals surface area contributed by atoms with Crippen LogP contribution in [-0.2, 0) is 15.2 Å². The third kappa shape index (κ3) is 1.76. The largest absolute Gasteiger partial charge is 0.466 e. The van der Waals surface area contributed by atoms with Gasteiger partial charge >= 0.3 is 5.97 Å². The van der Waals surface area contributed by atoms with Gasteiger partial charge in [-0.15, -0.1) is 0 Å². The summed E-state index contributed by atoms with van der Waals surface area (Å²) >= 11 is 0. The number of benzene rings is 1. The number of hydrogen-bond acceptors (Lipinski definition) is 2. The van der Waals surface area contributed by atoms with Crippen LogP contribution in [0.5, 0.6) is 0 Å². The Morgan fingerprint density at radius 1 is 1.43 bits per heavy atom. The fourth-order valence-electron chi connectivity index (χ4n) is 1.33. The first-order chi connectivity index (χ1) is 6.65. The lowest BCUT2D eigenvalue weighted by molar-refractivity contribution is -0.155. The van der Waals surface area contributed by atoms with Crippen LogP contribution in [0.3, 0.4) is 0 Å². The maximum atomic E-state index is 14.2. The molecule has 0 amide bonds. The molecule has 0 aliphatic carbocycles. The van der Waals surface area contributed by atoms with Crippen LogP contribution in [0.4, 0.5) is 4.39 Å². The van der Waals surface area contributed by atoms with E-state index in [-0.39, 0.29) is 6.42 Å². The molecule has 14 heavy (non-hydrogen) atoms. The van der Waals surface area contributed by atoms with Crippen molar-refractivity contribution in [1.29, 1.82) is 0 Å². The molecular formula is C11H13FO2. The smallest absolute Gasteiger partial charge is 0.348 e. The summed E-state index contributed by atoms with van der Waals surface area (Å²) < 4.78 is 18.6. The molecule has 0 spiro atoms. The molecule has 1 aromatic carbocycles. The predicted molar refractivity (Wildman–Crippen MR) is 51.5 cm³/mol. The Morgan fingerprint density at radius 3 is 2.43 bits per heavy atom. The van der Waals surface area contributed by atoms with E-state index in [0.717, 1.165) is 0 Å². The SMILES string of the molecule is CCC(F)(C(=O)OC)c1ccccc1. The van der Waals surface area contributed by atoms with Crippen molar-refractivity contribution in [2.24, 2.45) is 0 Å². The number of halogens is 1. The van der Waals surface area contributed by atoms with E-state index < -0.39 is 11.6 Å². The van der Waals surface area contributed by atoms with Crippen LogP contribution in [0.25, 0.3) is 0 Å². The van der Waals surface area contributed by atoms with Crippen molar-refractivity contribution < 1.29 is 13.9 Å². The molecule has 0 bridgehead atoms. The van der Waals surface area contributed by atoms with Crippen molar-refractivity contribution in [2.75, 3.05) is 7.11 Å². The maximum Gasteiger partial charge on any atom is 0.348 e. The van der Waals surface area contributed by atoms with E-state index >= 15 is 0 Å². The summed E-state index contributed by atoms with van der Waals surface area (Å²) in [5.41, 5.74) is -1.68. The molecule has 0 heterocycles. The molecule has 0 saturated heterocycles. The molecule has 76 valence electrons. The van der Waals surface area contributed by atoms with Crippen molar-refractivity contribution in [2.45, 2.75) is 19.0 Å². The molecule has 0 aliphatic rings. The summed E-state index contributed by atoms with van der Waals surface area (Å²) in [5.74, 6) is -0.841. The Balaban J connectivity index is 3.08. The number of rotatable bonds is 3. The lowest BCUT2D eigenvalue weighted by Gasteiger charge is -2.20. The first kappa shape index (κ1) is 10.7. The Morgan fingerprint density at radius 2 is 2.00 bits per heavy atom. The lowest BCUT2D eigenvalue weighted by atomic mass is 9.93. The Labute approximate surface area is 82.7 Å². The summed E-state index contributed by atoms with van der Waals surface area (Å²) in [4.78, 5) is 11.3. The van der Waals surface area contributed by atoms with E-state index in [1.54, 1.807) is 37.3 Å². The number of alkyl halides is 1. The van der Waals surface area contributed by atoms with Gasteiger partial charge in [0, 0.05) is 5.56 Å². The quantitative estimate of drug-likeness (QED) is 0.694. The summed E-state index contributed by atoms with van der Waals surface area (Å²) in [7, 11) is 1.19. The van der Waals surface area contributed by atoms with Gasteiger partial charge in [-0.3, -0.25) is 0 Å². The van der Waals surface area contributed by atoms with Crippen molar-refractivity contribution in [3.63, 3.8) is 0 Å². The number of esters is 1. The molecule has 1 rings (SSSR count). The van der Waals surface area contributed by atoms with Crippen LogP contribution < -0.4 is 0 Å². The summed E-state index contributed by atoms with van der Waals surface area (Å²) in [5, 5.41) is 0. The molecule has 0 fully saturated rings. The first-order valence-electron chi connectivity index (χ1n) is 4.48. The molecule has 1 aromatic rings. The van der Waals surface area contributed by atoms with E-state index in [1.807, 2.05) is 0 Å².